The smallest absolute Gasteiger partial charge is 0.119 e. The number of hydrogen-bond donors (Lipinski definition) is 1. The van der Waals surface area contributed by atoms with Crippen LogP contribution in [0.5, 0.6) is 5.75 Å². The lowest BCUT2D eigenvalue weighted by Crippen LogP contribution is -2.44. The van der Waals surface area contributed by atoms with Crippen molar-refractivity contribution in [3.8, 4) is 5.75 Å². The predicted molar refractivity (Wildman–Crippen MR) is 100 cm³/mol. The van der Waals surface area contributed by atoms with Crippen LogP contribution >= 0.6 is 0 Å². The molecule has 1 aromatic carbocycles. The summed E-state index contributed by atoms with van der Waals surface area (Å²) in [5.41, 5.74) is 1.33. The maximum absolute atomic E-state index is 5.93. The molecule has 3 fully saturated rings. The van der Waals surface area contributed by atoms with Crippen LogP contribution in [-0.2, 0) is 4.74 Å². The minimum atomic E-state index is 0.357. The fourth-order valence-corrected chi connectivity index (χ4v) is 4.41. The normalized spacial score (nSPS) is 26.7. The summed E-state index contributed by atoms with van der Waals surface area (Å²) in [6, 6.07) is 10.4. The number of methoxy groups -OCH3 is 1. The van der Waals surface area contributed by atoms with E-state index in [0.29, 0.717) is 18.2 Å². The number of nitrogens with one attached hydrogen (secondary N) is 1. The summed E-state index contributed by atoms with van der Waals surface area (Å²) in [5.74, 6) is 0.945. The molecule has 4 heteroatoms. The van der Waals surface area contributed by atoms with Gasteiger partial charge in [-0.25, -0.2) is 0 Å². The van der Waals surface area contributed by atoms with E-state index in [-0.39, 0.29) is 0 Å². The van der Waals surface area contributed by atoms with Crippen molar-refractivity contribution in [2.24, 2.45) is 0 Å². The molecule has 1 saturated carbocycles. The number of ether oxygens (including phenoxy) is 2. The van der Waals surface area contributed by atoms with E-state index in [1.165, 1.54) is 57.2 Å². The standard InChI is InChI=1S/C21H32N2O2/c1-24-19-5-2-4-16(14-19)21(15-20-6-3-13-25-20)22-17-9-11-23(12-10-17)18-7-8-18/h2,4-5,14,17-18,20-22H,3,6-13,15H2,1H3. The van der Waals surface area contributed by atoms with Gasteiger partial charge in [0.1, 0.15) is 5.75 Å². The fraction of sp³-hybridized carbons (Fsp3) is 0.714. The second kappa shape index (κ2) is 8.07. The Morgan fingerprint density at radius 2 is 2.04 bits per heavy atom. The zero-order valence-corrected chi connectivity index (χ0v) is 15.5. The van der Waals surface area contributed by atoms with Gasteiger partial charge in [-0.15, -0.1) is 0 Å². The third-order valence-electron chi connectivity index (χ3n) is 6.05. The van der Waals surface area contributed by atoms with Crippen LogP contribution < -0.4 is 10.1 Å². The molecule has 0 amide bonds. The van der Waals surface area contributed by atoms with Gasteiger partial charge in [0.05, 0.1) is 13.2 Å². The van der Waals surface area contributed by atoms with Gasteiger partial charge in [-0.1, -0.05) is 12.1 Å². The van der Waals surface area contributed by atoms with E-state index in [0.717, 1.165) is 24.8 Å². The Bertz CT molecular complexity index is 547. The molecule has 1 aromatic rings. The van der Waals surface area contributed by atoms with Crippen molar-refractivity contribution in [1.82, 2.24) is 10.2 Å². The molecule has 0 radical (unpaired) electrons. The SMILES string of the molecule is COc1cccc(C(CC2CCCO2)NC2CCN(C3CC3)CC2)c1. The van der Waals surface area contributed by atoms with Gasteiger partial charge in [0.15, 0.2) is 0 Å². The van der Waals surface area contributed by atoms with Crippen LogP contribution in [0.4, 0.5) is 0 Å². The van der Waals surface area contributed by atoms with Crippen molar-refractivity contribution < 1.29 is 9.47 Å². The Morgan fingerprint density at radius 1 is 1.20 bits per heavy atom. The van der Waals surface area contributed by atoms with Gasteiger partial charge in [0, 0.05) is 24.7 Å². The molecule has 2 heterocycles. The van der Waals surface area contributed by atoms with E-state index in [1.807, 2.05) is 6.07 Å². The van der Waals surface area contributed by atoms with Crippen molar-refractivity contribution in [2.45, 2.75) is 69.2 Å². The molecule has 1 N–H and O–H groups in total. The Kier molecular flexibility index (Phi) is 5.59. The molecule has 1 aliphatic carbocycles. The zero-order chi connectivity index (χ0) is 17.1. The Morgan fingerprint density at radius 3 is 2.72 bits per heavy atom. The van der Waals surface area contributed by atoms with Crippen LogP contribution in [0.3, 0.4) is 0 Å². The molecule has 2 atom stereocenters. The van der Waals surface area contributed by atoms with Gasteiger partial charge in [-0.3, -0.25) is 0 Å². The molecule has 0 bridgehead atoms. The average Bonchev–Trinajstić information content (AvgIpc) is 3.39. The second-order valence-corrected chi connectivity index (χ2v) is 7.91. The van der Waals surface area contributed by atoms with Crippen LogP contribution in [-0.4, -0.2) is 49.9 Å². The Hall–Kier alpha value is -1.10. The maximum atomic E-state index is 5.93. The van der Waals surface area contributed by atoms with Crippen LogP contribution in [0.15, 0.2) is 24.3 Å². The van der Waals surface area contributed by atoms with E-state index in [2.05, 4.69) is 28.4 Å². The van der Waals surface area contributed by atoms with Gasteiger partial charge in [0.25, 0.3) is 0 Å². The van der Waals surface area contributed by atoms with Crippen molar-refractivity contribution in [3.63, 3.8) is 0 Å². The van der Waals surface area contributed by atoms with E-state index in [4.69, 9.17) is 9.47 Å². The zero-order valence-electron chi connectivity index (χ0n) is 15.5. The summed E-state index contributed by atoms with van der Waals surface area (Å²) in [7, 11) is 1.75. The minimum Gasteiger partial charge on any atom is -0.497 e. The van der Waals surface area contributed by atoms with Gasteiger partial charge in [0.2, 0.25) is 0 Å². The molecule has 2 aliphatic heterocycles. The molecule has 2 saturated heterocycles. The maximum Gasteiger partial charge on any atom is 0.119 e. The fourth-order valence-electron chi connectivity index (χ4n) is 4.41. The van der Waals surface area contributed by atoms with Crippen LogP contribution in [0.25, 0.3) is 0 Å². The highest BCUT2D eigenvalue weighted by Crippen LogP contribution is 2.31. The molecule has 4 rings (SSSR count). The van der Waals surface area contributed by atoms with Crippen molar-refractivity contribution >= 4 is 0 Å². The quantitative estimate of drug-likeness (QED) is 0.820. The van der Waals surface area contributed by atoms with Gasteiger partial charge < -0.3 is 19.7 Å². The van der Waals surface area contributed by atoms with Crippen molar-refractivity contribution in [2.75, 3.05) is 26.8 Å². The molecule has 4 nitrogen and oxygen atoms in total. The summed E-state index contributed by atoms with van der Waals surface area (Å²) in [6.07, 6.45) is 9.24. The number of piperidine rings is 1. The summed E-state index contributed by atoms with van der Waals surface area (Å²) in [5, 5.41) is 3.97. The number of rotatable bonds is 7. The molecule has 0 aromatic heterocycles. The van der Waals surface area contributed by atoms with Crippen molar-refractivity contribution in [3.05, 3.63) is 29.8 Å². The topological polar surface area (TPSA) is 33.7 Å². The summed E-state index contributed by atoms with van der Waals surface area (Å²) in [4.78, 5) is 2.69. The average molecular weight is 344 g/mol. The van der Waals surface area contributed by atoms with E-state index >= 15 is 0 Å². The molecular formula is C21H32N2O2. The number of hydrogen-bond acceptors (Lipinski definition) is 4. The van der Waals surface area contributed by atoms with Gasteiger partial charge in [-0.2, -0.15) is 0 Å². The first-order valence-electron chi connectivity index (χ1n) is 10.1. The summed E-state index contributed by atoms with van der Waals surface area (Å²) in [6.45, 7) is 3.44. The lowest BCUT2D eigenvalue weighted by Gasteiger charge is -2.35. The Labute approximate surface area is 151 Å². The van der Waals surface area contributed by atoms with Crippen LogP contribution in [0, 0.1) is 0 Å². The first-order chi connectivity index (χ1) is 12.3. The predicted octanol–water partition coefficient (Wildman–Crippen LogP) is 3.52. The minimum absolute atomic E-state index is 0.357. The Balaban J connectivity index is 1.41. The molecular weight excluding hydrogens is 312 g/mol. The summed E-state index contributed by atoms with van der Waals surface area (Å²) < 4.78 is 11.4. The highest BCUT2D eigenvalue weighted by atomic mass is 16.5. The highest BCUT2D eigenvalue weighted by Gasteiger charge is 2.33. The molecule has 2 unspecified atom stereocenters. The lowest BCUT2D eigenvalue weighted by atomic mass is 9.96. The highest BCUT2D eigenvalue weighted by molar-refractivity contribution is 5.30. The molecule has 0 spiro atoms. The molecule has 3 aliphatic rings. The first-order valence-corrected chi connectivity index (χ1v) is 10.1. The van der Waals surface area contributed by atoms with E-state index in [1.54, 1.807) is 7.11 Å². The summed E-state index contributed by atoms with van der Waals surface area (Å²) >= 11 is 0. The van der Waals surface area contributed by atoms with E-state index in [9.17, 15) is 0 Å². The van der Waals surface area contributed by atoms with Crippen LogP contribution in [0.1, 0.15) is 56.6 Å². The van der Waals surface area contributed by atoms with Gasteiger partial charge in [-0.05, 0) is 75.7 Å². The van der Waals surface area contributed by atoms with Crippen LogP contribution in [0.2, 0.25) is 0 Å². The number of nitrogens with zero attached hydrogens (tertiary/aromatic N) is 1. The van der Waals surface area contributed by atoms with E-state index < -0.39 is 0 Å². The third-order valence-corrected chi connectivity index (χ3v) is 6.05. The number of benzene rings is 1. The first kappa shape index (κ1) is 17.3. The lowest BCUT2D eigenvalue weighted by molar-refractivity contribution is 0.0902. The largest absolute Gasteiger partial charge is 0.497 e. The van der Waals surface area contributed by atoms with Gasteiger partial charge >= 0.3 is 0 Å². The molecule has 25 heavy (non-hydrogen) atoms. The second-order valence-electron chi connectivity index (χ2n) is 7.91. The molecule has 138 valence electrons. The monoisotopic (exact) mass is 344 g/mol. The number of likely N-dealkylation sites (tertiary alicyclic amines) is 1. The van der Waals surface area contributed by atoms with Crippen molar-refractivity contribution in [1.29, 1.82) is 0 Å². The third kappa shape index (κ3) is 4.55.